The zero-order valence-electron chi connectivity index (χ0n) is 12.7. The van der Waals surface area contributed by atoms with Crippen molar-refractivity contribution >= 4 is 41.3 Å². The van der Waals surface area contributed by atoms with E-state index in [9.17, 15) is 0 Å². The molecule has 0 aliphatic heterocycles. The summed E-state index contributed by atoms with van der Waals surface area (Å²) in [4.78, 5) is 8.80. The average molecular weight is 408 g/mol. The zero-order valence-corrected chi connectivity index (χ0v) is 15.8. The number of halogens is 1. The van der Waals surface area contributed by atoms with Gasteiger partial charge in [0.15, 0.2) is 5.96 Å². The number of nitrogens with one attached hydrogen (secondary N) is 2. The third kappa shape index (κ3) is 6.69. The standard InChI is InChI=1S/C14H24N4S.HI/c1-6-8-16-13(15-5)17-9-7-12-18-11(10-19-12)14(2,3)4;/h6,10H,1,7-9H2,2-5H3,(H2,15,16,17);1H. The molecule has 0 bridgehead atoms. The first-order valence-corrected chi connectivity index (χ1v) is 7.35. The Balaban J connectivity index is 0.00000361. The molecule has 1 heterocycles. The lowest BCUT2D eigenvalue weighted by atomic mass is 9.93. The summed E-state index contributed by atoms with van der Waals surface area (Å²) in [7, 11) is 1.76. The Hall–Kier alpha value is -0.630. The molecule has 0 spiro atoms. The van der Waals surface area contributed by atoms with Crippen molar-refractivity contribution in [2.75, 3.05) is 20.1 Å². The molecule has 0 saturated carbocycles. The van der Waals surface area contributed by atoms with Crippen LogP contribution in [0.1, 0.15) is 31.5 Å². The highest BCUT2D eigenvalue weighted by atomic mass is 127. The zero-order chi connectivity index (χ0) is 14.3. The van der Waals surface area contributed by atoms with Crippen LogP contribution in [0.5, 0.6) is 0 Å². The maximum Gasteiger partial charge on any atom is 0.191 e. The Labute approximate surface area is 143 Å². The van der Waals surface area contributed by atoms with Gasteiger partial charge >= 0.3 is 0 Å². The highest BCUT2D eigenvalue weighted by Crippen LogP contribution is 2.23. The van der Waals surface area contributed by atoms with E-state index in [2.05, 4.69) is 53.3 Å². The summed E-state index contributed by atoms with van der Waals surface area (Å²) in [5.74, 6) is 0.799. The van der Waals surface area contributed by atoms with E-state index < -0.39 is 0 Å². The minimum absolute atomic E-state index is 0. The minimum atomic E-state index is 0. The summed E-state index contributed by atoms with van der Waals surface area (Å²) in [5, 5.41) is 9.71. The van der Waals surface area contributed by atoms with Gasteiger partial charge in [0, 0.05) is 37.4 Å². The third-order valence-electron chi connectivity index (χ3n) is 2.59. The molecule has 1 aromatic rings. The molecule has 0 aromatic carbocycles. The molecule has 0 radical (unpaired) electrons. The van der Waals surface area contributed by atoms with Crippen LogP contribution in [0.15, 0.2) is 23.0 Å². The van der Waals surface area contributed by atoms with Crippen LogP contribution in [-0.2, 0) is 11.8 Å². The molecule has 1 rings (SSSR count). The second-order valence-corrected chi connectivity index (χ2v) is 6.24. The summed E-state index contributed by atoms with van der Waals surface area (Å²) in [6, 6.07) is 0. The highest BCUT2D eigenvalue weighted by Gasteiger charge is 2.17. The van der Waals surface area contributed by atoms with Crippen molar-refractivity contribution in [3.8, 4) is 0 Å². The van der Waals surface area contributed by atoms with Gasteiger partial charge in [-0.2, -0.15) is 0 Å². The van der Waals surface area contributed by atoms with Gasteiger partial charge in [0.2, 0.25) is 0 Å². The van der Waals surface area contributed by atoms with Gasteiger partial charge in [-0.05, 0) is 0 Å². The normalized spacial score (nSPS) is 11.7. The van der Waals surface area contributed by atoms with Crippen molar-refractivity contribution in [1.82, 2.24) is 15.6 Å². The SMILES string of the molecule is C=CCNC(=NC)NCCc1nc(C(C)(C)C)cs1.I. The molecule has 0 fully saturated rings. The van der Waals surface area contributed by atoms with E-state index in [1.165, 1.54) is 5.69 Å². The molecule has 0 aliphatic carbocycles. The van der Waals surface area contributed by atoms with Crippen molar-refractivity contribution in [3.63, 3.8) is 0 Å². The number of hydrogen-bond acceptors (Lipinski definition) is 3. The Bertz CT molecular complexity index is 435. The van der Waals surface area contributed by atoms with Gasteiger partial charge in [-0.25, -0.2) is 4.98 Å². The van der Waals surface area contributed by atoms with Gasteiger partial charge in [0.1, 0.15) is 0 Å². The van der Waals surface area contributed by atoms with E-state index in [1.54, 1.807) is 18.4 Å². The molecular formula is C14H25IN4S. The van der Waals surface area contributed by atoms with Crippen LogP contribution < -0.4 is 10.6 Å². The van der Waals surface area contributed by atoms with Crippen molar-refractivity contribution in [1.29, 1.82) is 0 Å². The second kappa shape index (κ2) is 9.33. The summed E-state index contributed by atoms with van der Waals surface area (Å²) in [5.41, 5.74) is 1.30. The summed E-state index contributed by atoms with van der Waals surface area (Å²) >= 11 is 1.73. The van der Waals surface area contributed by atoms with Gasteiger partial charge in [-0.1, -0.05) is 26.8 Å². The van der Waals surface area contributed by atoms with Crippen LogP contribution in [0.2, 0.25) is 0 Å². The third-order valence-corrected chi connectivity index (χ3v) is 3.50. The second-order valence-electron chi connectivity index (χ2n) is 5.30. The van der Waals surface area contributed by atoms with Gasteiger partial charge < -0.3 is 10.6 Å². The topological polar surface area (TPSA) is 49.3 Å². The number of guanidine groups is 1. The fraction of sp³-hybridized carbons (Fsp3) is 0.571. The fourth-order valence-corrected chi connectivity index (χ4v) is 2.47. The molecule has 2 N–H and O–H groups in total. The minimum Gasteiger partial charge on any atom is -0.356 e. The van der Waals surface area contributed by atoms with Crippen LogP contribution in [0.25, 0.3) is 0 Å². The number of nitrogens with zero attached hydrogens (tertiary/aromatic N) is 2. The number of rotatable bonds is 5. The maximum absolute atomic E-state index is 4.67. The van der Waals surface area contributed by atoms with Crippen molar-refractivity contribution in [2.45, 2.75) is 32.6 Å². The van der Waals surface area contributed by atoms with E-state index in [1.807, 2.05) is 6.08 Å². The summed E-state index contributed by atoms with van der Waals surface area (Å²) in [6.45, 7) is 11.8. The molecule has 4 nitrogen and oxygen atoms in total. The molecule has 0 atom stereocenters. The lowest BCUT2D eigenvalue weighted by Crippen LogP contribution is -2.38. The van der Waals surface area contributed by atoms with Crippen LogP contribution in [-0.4, -0.2) is 31.1 Å². The molecule has 114 valence electrons. The first-order chi connectivity index (χ1) is 8.97. The van der Waals surface area contributed by atoms with Crippen LogP contribution in [0, 0.1) is 0 Å². The Morgan fingerprint density at radius 1 is 1.45 bits per heavy atom. The smallest absolute Gasteiger partial charge is 0.191 e. The van der Waals surface area contributed by atoms with Crippen molar-refractivity contribution in [2.24, 2.45) is 4.99 Å². The average Bonchev–Trinajstić information content (AvgIpc) is 2.82. The highest BCUT2D eigenvalue weighted by molar-refractivity contribution is 14.0. The number of thiazole rings is 1. The Kier molecular flexibility index (Phi) is 9.04. The quantitative estimate of drug-likeness (QED) is 0.341. The first kappa shape index (κ1) is 19.4. The van der Waals surface area contributed by atoms with Gasteiger partial charge in [0.25, 0.3) is 0 Å². The molecule has 1 aromatic heterocycles. The van der Waals surface area contributed by atoms with Crippen LogP contribution >= 0.6 is 35.3 Å². The maximum atomic E-state index is 4.67. The first-order valence-electron chi connectivity index (χ1n) is 6.47. The lowest BCUT2D eigenvalue weighted by Gasteiger charge is -2.14. The van der Waals surface area contributed by atoms with E-state index in [4.69, 9.17) is 0 Å². The molecule has 0 saturated heterocycles. The van der Waals surface area contributed by atoms with Crippen LogP contribution in [0.3, 0.4) is 0 Å². The van der Waals surface area contributed by atoms with Gasteiger partial charge in [-0.15, -0.1) is 41.9 Å². The molecule has 0 amide bonds. The molecule has 0 unspecified atom stereocenters. The number of aromatic nitrogens is 1. The number of aliphatic imine (C=N–C) groups is 1. The van der Waals surface area contributed by atoms with Gasteiger partial charge in [0.05, 0.1) is 10.7 Å². The Morgan fingerprint density at radius 2 is 2.15 bits per heavy atom. The summed E-state index contributed by atoms with van der Waals surface area (Å²) < 4.78 is 0. The Morgan fingerprint density at radius 3 is 2.65 bits per heavy atom. The van der Waals surface area contributed by atoms with Crippen LogP contribution in [0.4, 0.5) is 0 Å². The van der Waals surface area contributed by atoms with E-state index >= 15 is 0 Å². The van der Waals surface area contributed by atoms with E-state index in [0.29, 0.717) is 6.54 Å². The summed E-state index contributed by atoms with van der Waals surface area (Å²) in [6.07, 6.45) is 2.72. The van der Waals surface area contributed by atoms with E-state index in [-0.39, 0.29) is 29.4 Å². The fourth-order valence-electron chi connectivity index (χ4n) is 1.45. The number of hydrogen-bond donors (Lipinski definition) is 2. The largest absolute Gasteiger partial charge is 0.356 e. The lowest BCUT2D eigenvalue weighted by molar-refractivity contribution is 0.570. The van der Waals surface area contributed by atoms with Crippen molar-refractivity contribution < 1.29 is 0 Å². The van der Waals surface area contributed by atoms with Crippen molar-refractivity contribution in [3.05, 3.63) is 28.7 Å². The molecule has 6 heteroatoms. The predicted molar refractivity (Wildman–Crippen MR) is 99.5 cm³/mol. The molecule has 0 aliphatic rings. The van der Waals surface area contributed by atoms with E-state index in [0.717, 1.165) is 23.9 Å². The molecular weight excluding hydrogens is 383 g/mol. The predicted octanol–water partition coefficient (Wildman–Crippen LogP) is 2.95. The van der Waals surface area contributed by atoms with Gasteiger partial charge in [-0.3, -0.25) is 4.99 Å². The monoisotopic (exact) mass is 408 g/mol. The molecule has 20 heavy (non-hydrogen) atoms.